The molecule has 1 fully saturated rings. The maximum absolute atomic E-state index is 13.3. The van der Waals surface area contributed by atoms with E-state index in [1.54, 1.807) is 38.9 Å². The van der Waals surface area contributed by atoms with Gasteiger partial charge in [0, 0.05) is 47.4 Å². The van der Waals surface area contributed by atoms with Gasteiger partial charge in [0.25, 0.3) is 0 Å². The number of nitrogens with one attached hydrogen (secondary N) is 2. The van der Waals surface area contributed by atoms with Gasteiger partial charge in [-0.3, -0.25) is 0 Å². The summed E-state index contributed by atoms with van der Waals surface area (Å²) in [6, 6.07) is 9.36. The summed E-state index contributed by atoms with van der Waals surface area (Å²) < 4.78 is 25.0. The van der Waals surface area contributed by atoms with Crippen molar-refractivity contribution in [2.45, 2.75) is 0 Å². The first-order valence-electron chi connectivity index (χ1n) is 12.3. The molecule has 0 saturated carbocycles. The van der Waals surface area contributed by atoms with Gasteiger partial charge < -0.3 is 29.6 Å². The number of nitrogens with zero attached hydrogens (tertiary/aromatic N) is 5. The average molecular weight is 641 g/mol. The lowest BCUT2D eigenvalue weighted by Crippen LogP contribution is -2.36. The Bertz CT molecular complexity index is 1620. The molecule has 0 atom stereocenters. The van der Waals surface area contributed by atoms with Gasteiger partial charge in [0.2, 0.25) is 11.6 Å². The molecule has 13 heteroatoms. The number of halogens is 1. The van der Waals surface area contributed by atoms with Crippen molar-refractivity contribution in [2.24, 2.45) is 0 Å². The Morgan fingerprint density at radius 3 is 2.62 bits per heavy atom. The summed E-state index contributed by atoms with van der Waals surface area (Å²) in [7, 11) is -1.07. The topological polar surface area (TPSA) is 106 Å². The van der Waals surface area contributed by atoms with E-state index >= 15 is 0 Å². The van der Waals surface area contributed by atoms with Crippen molar-refractivity contribution in [3.63, 3.8) is 0 Å². The van der Waals surface area contributed by atoms with Crippen molar-refractivity contribution >= 4 is 74.2 Å². The fourth-order valence-electron chi connectivity index (χ4n) is 4.32. The number of thiazole rings is 1. The van der Waals surface area contributed by atoms with Crippen LogP contribution in [0, 0.1) is 6.57 Å². The van der Waals surface area contributed by atoms with Crippen LogP contribution in [0.3, 0.4) is 0 Å². The summed E-state index contributed by atoms with van der Waals surface area (Å²) >= 11 is 5.06. The van der Waals surface area contributed by atoms with Crippen molar-refractivity contribution in [1.29, 1.82) is 0 Å². The molecule has 0 unspecified atom stereocenters. The fraction of sp³-hybridized carbons (Fsp3) is 0.259. The maximum atomic E-state index is 13.3. The number of anilines is 5. The van der Waals surface area contributed by atoms with Crippen molar-refractivity contribution in [1.82, 2.24) is 15.0 Å². The number of aromatic nitrogens is 3. The molecule has 0 radical (unpaired) electrons. The number of hydrogen-bond donors (Lipinski definition) is 2. The van der Waals surface area contributed by atoms with Gasteiger partial charge in [0.05, 0.1) is 42.7 Å². The van der Waals surface area contributed by atoms with Crippen LogP contribution in [-0.2, 0) is 9.30 Å². The molecule has 0 bridgehead atoms. The monoisotopic (exact) mass is 639 g/mol. The molecule has 0 spiro atoms. The van der Waals surface area contributed by atoms with Crippen LogP contribution < -0.4 is 25.6 Å². The van der Waals surface area contributed by atoms with E-state index in [0.29, 0.717) is 70.7 Å². The first-order chi connectivity index (χ1) is 19.3. The molecule has 2 aromatic heterocycles. The van der Waals surface area contributed by atoms with E-state index in [-0.39, 0.29) is 0 Å². The molecule has 1 saturated heterocycles. The molecule has 4 aromatic rings. The molecule has 5 rings (SSSR count). The van der Waals surface area contributed by atoms with E-state index in [1.165, 1.54) is 11.3 Å². The standard InChI is InChI=1S/C27H27BrN7O3PS/c1-29-20-14-21(23(37-2)15-22(20)35-8-10-38-11-9-35)33-27-31-16-18(28)25(34-27)32-19-6-5-17(26-30-7-12-40-26)13-24(19)39(3,4)36/h5-7,12-16H,8-11H2,2-4H3,(H2,31,32,33,34). The van der Waals surface area contributed by atoms with Crippen molar-refractivity contribution in [3.8, 4) is 16.3 Å². The van der Waals surface area contributed by atoms with Crippen molar-refractivity contribution < 1.29 is 14.0 Å². The number of methoxy groups -OCH3 is 1. The lowest BCUT2D eigenvalue weighted by atomic mass is 10.2. The molecule has 2 aromatic carbocycles. The highest BCUT2D eigenvalue weighted by Gasteiger charge is 2.21. The van der Waals surface area contributed by atoms with Crippen LogP contribution in [0.15, 0.2) is 52.6 Å². The highest BCUT2D eigenvalue weighted by Crippen LogP contribution is 2.42. The lowest BCUT2D eigenvalue weighted by molar-refractivity contribution is 0.123. The second-order valence-electron chi connectivity index (χ2n) is 9.31. The quantitative estimate of drug-likeness (QED) is 0.165. The third kappa shape index (κ3) is 6.13. The molecule has 2 N–H and O–H groups in total. The molecule has 40 heavy (non-hydrogen) atoms. The Labute approximate surface area is 245 Å². The lowest BCUT2D eigenvalue weighted by Gasteiger charge is -2.30. The Kier molecular flexibility index (Phi) is 8.38. The van der Waals surface area contributed by atoms with Gasteiger partial charge in [-0.2, -0.15) is 4.98 Å². The Morgan fingerprint density at radius 2 is 1.95 bits per heavy atom. The van der Waals surface area contributed by atoms with Crippen LogP contribution >= 0.6 is 34.4 Å². The summed E-state index contributed by atoms with van der Waals surface area (Å²) in [5, 5.41) is 10.00. The Balaban J connectivity index is 1.46. The molecule has 10 nitrogen and oxygen atoms in total. The van der Waals surface area contributed by atoms with Crippen LogP contribution in [0.25, 0.3) is 15.4 Å². The summed E-state index contributed by atoms with van der Waals surface area (Å²) in [6.07, 6.45) is 3.38. The minimum absolute atomic E-state index is 0.302. The highest BCUT2D eigenvalue weighted by molar-refractivity contribution is 9.10. The van der Waals surface area contributed by atoms with E-state index in [2.05, 4.69) is 51.3 Å². The zero-order chi connectivity index (χ0) is 28.3. The van der Waals surface area contributed by atoms with Crippen LogP contribution in [0.2, 0.25) is 0 Å². The van der Waals surface area contributed by atoms with Crippen molar-refractivity contribution in [2.75, 3.05) is 62.3 Å². The van der Waals surface area contributed by atoms with Gasteiger partial charge in [-0.15, -0.1) is 11.3 Å². The van der Waals surface area contributed by atoms with E-state index in [9.17, 15) is 4.57 Å². The zero-order valence-corrected chi connectivity index (χ0v) is 25.4. The minimum atomic E-state index is -2.66. The van der Waals surface area contributed by atoms with Crippen molar-refractivity contribution in [3.05, 3.63) is 64.0 Å². The van der Waals surface area contributed by atoms with Gasteiger partial charge in [0.1, 0.15) is 23.7 Å². The molecule has 3 heterocycles. The summed E-state index contributed by atoms with van der Waals surface area (Å²) in [4.78, 5) is 19.3. The van der Waals surface area contributed by atoms with E-state index in [4.69, 9.17) is 16.0 Å². The van der Waals surface area contributed by atoms with Crippen LogP contribution in [-0.4, -0.2) is 61.7 Å². The third-order valence-corrected chi connectivity index (χ3v) is 9.20. The van der Waals surface area contributed by atoms with Gasteiger partial charge in [-0.1, -0.05) is 0 Å². The summed E-state index contributed by atoms with van der Waals surface area (Å²) in [5.41, 5.74) is 3.46. The van der Waals surface area contributed by atoms with Gasteiger partial charge >= 0.3 is 0 Å². The van der Waals surface area contributed by atoms with E-state index in [1.807, 2.05) is 29.6 Å². The second-order valence-corrected chi connectivity index (χ2v) is 14.2. The number of hydrogen-bond acceptors (Lipinski definition) is 10. The highest BCUT2D eigenvalue weighted by atomic mass is 79.9. The van der Waals surface area contributed by atoms with Gasteiger partial charge in [-0.25, -0.2) is 14.8 Å². The molecular weight excluding hydrogens is 613 g/mol. The second kappa shape index (κ2) is 11.9. The molecular formula is C27H27BrN7O3PS. The van der Waals surface area contributed by atoms with Crippen LogP contribution in [0.5, 0.6) is 5.75 Å². The Hall–Kier alpha value is -3.49. The molecule has 0 aliphatic carbocycles. The number of rotatable bonds is 8. The predicted molar refractivity (Wildman–Crippen MR) is 165 cm³/mol. The van der Waals surface area contributed by atoms with E-state index in [0.717, 1.165) is 16.3 Å². The minimum Gasteiger partial charge on any atom is -0.495 e. The first kappa shape index (κ1) is 28.1. The summed E-state index contributed by atoms with van der Waals surface area (Å²) in [6.45, 7) is 13.9. The predicted octanol–water partition coefficient (Wildman–Crippen LogP) is 6.49. The van der Waals surface area contributed by atoms with Gasteiger partial charge in [0.15, 0.2) is 0 Å². The largest absolute Gasteiger partial charge is 0.495 e. The van der Waals surface area contributed by atoms with Crippen LogP contribution in [0.1, 0.15) is 0 Å². The number of ether oxygens (including phenoxy) is 2. The number of benzene rings is 2. The number of morpholine rings is 1. The van der Waals surface area contributed by atoms with E-state index < -0.39 is 7.14 Å². The summed E-state index contributed by atoms with van der Waals surface area (Å²) in [5.74, 6) is 1.35. The fourth-order valence-corrected chi connectivity index (χ4v) is 6.40. The average Bonchev–Trinajstić information content (AvgIpc) is 3.50. The third-order valence-electron chi connectivity index (χ3n) is 6.27. The normalized spacial score (nSPS) is 13.5. The Morgan fingerprint density at radius 1 is 1.15 bits per heavy atom. The first-order valence-corrected chi connectivity index (χ1v) is 16.6. The molecule has 206 valence electrons. The van der Waals surface area contributed by atoms with Gasteiger partial charge in [-0.05, 0) is 59.6 Å². The molecule has 0 amide bonds. The maximum Gasteiger partial charge on any atom is 0.229 e. The smallest absolute Gasteiger partial charge is 0.229 e. The van der Waals surface area contributed by atoms with Crippen LogP contribution in [0.4, 0.5) is 34.5 Å². The molecule has 1 aliphatic rings. The zero-order valence-electron chi connectivity index (χ0n) is 22.1. The molecule has 1 aliphatic heterocycles. The SMILES string of the molecule is [C-]#[N+]c1cc(Nc2ncc(Br)c(Nc3ccc(-c4nccs4)cc3P(C)(C)=O)n2)c(OC)cc1N1CCOCC1.